The van der Waals surface area contributed by atoms with Crippen molar-refractivity contribution >= 4 is 17.5 Å². The van der Waals surface area contributed by atoms with Crippen LogP contribution in [0.4, 0.5) is 16.2 Å². The van der Waals surface area contributed by atoms with Crippen molar-refractivity contribution in [2.75, 3.05) is 30.5 Å². The van der Waals surface area contributed by atoms with Gasteiger partial charge < -0.3 is 24.3 Å². The average molecular weight is 407 g/mol. The van der Waals surface area contributed by atoms with E-state index in [0.29, 0.717) is 18.9 Å². The van der Waals surface area contributed by atoms with Gasteiger partial charge in [-0.2, -0.15) is 0 Å². The van der Waals surface area contributed by atoms with Crippen LogP contribution in [0.25, 0.3) is 0 Å². The maximum atomic E-state index is 11.9. The second-order valence-corrected chi connectivity index (χ2v) is 7.55. The summed E-state index contributed by atoms with van der Waals surface area (Å²) in [6.45, 7) is 5.46. The van der Waals surface area contributed by atoms with Crippen LogP contribution < -0.4 is 15.4 Å². The van der Waals surface area contributed by atoms with Gasteiger partial charge in [0.25, 0.3) is 0 Å². The van der Waals surface area contributed by atoms with Gasteiger partial charge in [-0.05, 0) is 70.9 Å². The van der Waals surface area contributed by atoms with Crippen molar-refractivity contribution in [3.63, 3.8) is 0 Å². The van der Waals surface area contributed by atoms with Crippen LogP contribution in [0.3, 0.4) is 0 Å². The van der Waals surface area contributed by atoms with E-state index >= 15 is 0 Å². The Balaban J connectivity index is 1.64. The fourth-order valence-corrected chi connectivity index (χ4v) is 3.94. The van der Waals surface area contributed by atoms with E-state index in [2.05, 4.69) is 10.6 Å². The molecule has 2 fully saturated rings. The first-order valence-corrected chi connectivity index (χ1v) is 10.9. The molecular formula is C22H34N2O5. The molecule has 0 bridgehead atoms. The van der Waals surface area contributed by atoms with Crippen molar-refractivity contribution in [3.05, 3.63) is 18.2 Å². The molecular weight excluding hydrogens is 372 g/mol. The topological polar surface area (TPSA) is 78.1 Å². The van der Waals surface area contributed by atoms with Gasteiger partial charge in [-0.15, -0.1) is 0 Å². The SMILES string of the molecule is CCOC(=O)Nc1ccc(OCC)cc1N[C@H]1CCCC(O[C@@H]2CCCCO2)C1. The van der Waals surface area contributed by atoms with Gasteiger partial charge in [0, 0.05) is 18.7 Å². The standard InChI is InChI=1S/C22H34N2O5/c1-3-26-17-11-12-19(24-22(25)27-4-2)20(15-17)23-16-8-7-9-18(14-16)29-21-10-5-6-13-28-21/h11-12,15-16,18,21,23H,3-10,13-14H2,1-2H3,(H,24,25)/t16-,18?,21+/m0/s1. The van der Waals surface area contributed by atoms with Gasteiger partial charge in [0.15, 0.2) is 6.29 Å². The van der Waals surface area contributed by atoms with E-state index in [4.69, 9.17) is 18.9 Å². The highest BCUT2D eigenvalue weighted by atomic mass is 16.7. The largest absolute Gasteiger partial charge is 0.494 e. The molecule has 1 heterocycles. The Morgan fingerprint density at radius 1 is 1.10 bits per heavy atom. The zero-order valence-corrected chi connectivity index (χ0v) is 17.6. The molecule has 0 spiro atoms. The summed E-state index contributed by atoms with van der Waals surface area (Å²) in [5.74, 6) is 0.767. The summed E-state index contributed by atoms with van der Waals surface area (Å²) >= 11 is 0. The third-order valence-electron chi connectivity index (χ3n) is 5.28. The highest BCUT2D eigenvalue weighted by Crippen LogP contribution is 2.32. The number of ether oxygens (including phenoxy) is 4. The average Bonchev–Trinajstić information content (AvgIpc) is 2.71. The van der Waals surface area contributed by atoms with E-state index in [0.717, 1.165) is 56.6 Å². The number of anilines is 2. The van der Waals surface area contributed by atoms with Gasteiger partial charge in [0.2, 0.25) is 0 Å². The maximum absolute atomic E-state index is 11.9. The second kappa shape index (κ2) is 11.3. The minimum absolute atomic E-state index is 0.0603. The van der Waals surface area contributed by atoms with Gasteiger partial charge in [0.1, 0.15) is 5.75 Å². The van der Waals surface area contributed by atoms with Crippen LogP contribution in [0.2, 0.25) is 0 Å². The highest BCUT2D eigenvalue weighted by molar-refractivity contribution is 5.89. The number of nitrogens with one attached hydrogen (secondary N) is 2. The Hall–Kier alpha value is -1.99. The van der Waals surface area contributed by atoms with Crippen molar-refractivity contribution in [3.8, 4) is 5.75 Å². The zero-order chi connectivity index (χ0) is 20.5. The minimum Gasteiger partial charge on any atom is -0.494 e. The Morgan fingerprint density at radius 3 is 2.76 bits per heavy atom. The molecule has 0 aromatic heterocycles. The van der Waals surface area contributed by atoms with Crippen LogP contribution in [0.15, 0.2) is 18.2 Å². The van der Waals surface area contributed by atoms with E-state index in [9.17, 15) is 4.79 Å². The van der Waals surface area contributed by atoms with Crippen molar-refractivity contribution in [2.24, 2.45) is 0 Å². The molecule has 2 N–H and O–H groups in total. The van der Waals surface area contributed by atoms with Crippen LogP contribution >= 0.6 is 0 Å². The lowest BCUT2D eigenvalue weighted by molar-refractivity contribution is -0.193. The van der Waals surface area contributed by atoms with Crippen molar-refractivity contribution in [1.82, 2.24) is 0 Å². The molecule has 7 nitrogen and oxygen atoms in total. The second-order valence-electron chi connectivity index (χ2n) is 7.55. The van der Waals surface area contributed by atoms with Gasteiger partial charge >= 0.3 is 6.09 Å². The van der Waals surface area contributed by atoms with Crippen molar-refractivity contribution < 1.29 is 23.7 Å². The number of carbonyl (C=O) groups is 1. The highest BCUT2D eigenvalue weighted by Gasteiger charge is 2.27. The number of benzene rings is 1. The van der Waals surface area contributed by atoms with E-state index in [1.54, 1.807) is 6.92 Å². The third-order valence-corrected chi connectivity index (χ3v) is 5.28. The molecule has 1 saturated heterocycles. The van der Waals surface area contributed by atoms with Gasteiger partial charge in [-0.25, -0.2) is 4.79 Å². The Kier molecular flexibility index (Phi) is 8.43. The molecule has 2 aliphatic rings. The number of amides is 1. The number of carbonyl (C=O) groups excluding carboxylic acids is 1. The summed E-state index contributed by atoms with van der Waals surface area (Å²) in [5, 5.41) is 6.41. The lowest BCUT2D eigenvalue weighted by Gasteiger charge is -2.34. The van der Waals surface area contributed by atoms with Crippen LogP contribution in [0, 0.1) is 0 Å². The van der Waals surface area contributed by atoms with Gasteiger partial charge in [-0.1, -0.05) is 0 Å². The summed E-state index contributed by atoms with van der Waals surface area (Å²) in [7, 11) is 0. The third kappa shape index (κ3) is 6.78. The van der Waals surface area contributed by atoms with Crippen molar-refractivity contribution in [2.45, 2.75) is 77.2 Å². The lowest BCUT2D eigenvalue weighted by Crippen LogP contribution is -2.35. The quantitative estimate of drug-likeness (QED) is 0.638. The monoisotopic (exact) mass is 406 g/mol. The summed E-state index contributed by atoms with van der Waals surface area (Å²) in [6.07, 6.45) is 7.09. The van der Waals surface area contributed by atoms with Gasteiger partial charge in [-0.3, -0.25) is 5.32 Å². The predicted molar refractivity (Wildman–Crippen MR) is 113 cm³/mol. The molecule has 1 aromatic rings. The molecule has 1 aliphatic heterocycles. The molecule has 162 valence electrons. The summed E-state index contributed by atoms with van der Waals surface area (Å²) in [6, 6.07) is 5.89. The molecule has 1 unspecified atom stereocenters. The molecule has 3 atom stereocenters. The Labute approximate surface area is 173 Å². The summed E-state index contributed by atoms with van der Waals surface area (Å²) in [5.41, 5.74) is 1.52. The van der Waals surface area contributed by atoms with Crippen molar-refractivity contribution in [1.29, 1.82) is 0 Å². The molecule has 1 aromatic carbocycles. The Bertz CT molecular complexity index is 648. The fourth-order valence-electron chi connectivity index (χ4n) is 3.94. The van der Waals surface area contributed by atoms with Gasteiger partial charge in [0.05, 0.1) is 30.7 Å². The van der Waals surface area contributed by atoms with Crippen LogP contribution in [0.5, 0.6) is 5.75 Å². The van der Waals surface area contributed by atoms with E-state index in [1.807, 2.05) is 25.1 Å². The fraction of sp³-hybridized carbons (Fsp3) is 0.682. The number of hydrogen-bond acceptors (Lipinski definition) is 6. The smallest absolute Gasteiger partial charge is 0.411 e. The molecule has 7 heteroatoms. The van der Waals surface area contributed by atoms with Crippen LogP contribution in [-0.4, -0.2) is 44.3 Å². The summed E-state index contributed by atoms with van der Waals surface area (Å²) < 4.78 is 22.6. The minimum atomic E-state index is -0.459. The Morgan fingerprint density at radius 2 is 2.00 bits per heavy atom. The predicted octanol–water partition coefficient (Wildman–Crippen LogP) is 4.92. The first kappa shape index (κ1) is 21.7. The molecule has 3 rings (SSSR count). The first-order chi connectivity index (χ1) is 14.2. The lowest BCUT2D eigenvalue weighted by atomic mass is 9.92. The van der Waals surface area contributed by atoms with Crippen LogP contribution in [0.1, 0.15) is 58.8 Å². The normalized spacial score (nSPS) is 24.6. The molecule has 1 saturated carbocycles. The summed E-state index contributed by atoms with van der Waals surface area (Å²) in [4.78, 5) is 11.9. The molecule has 0 radical (unpaired) electrons. The first-order valence-electron chi connectivity index (χ1n) is 10.9. The molecule has 1 amide bonds. The van der Waals surface area contributed by atoms with E-state index in [1.165, 1.54) is 6.42 Å². The zero-order valence-electron chi connectivity index (χ0n) is 17.6. The maximum Gasteiger partial charge on any atom is 0.411 e. The van der Waals surface area contributed by atoms with E-state index < -0.39 is 6.09 Å². The molecule has 29 heavy (non-hydrogen) atoms. The molecule has 1 aliphatic carbocycles. The van der Waals surface area contributed by atoms with E-state index in [-0.39, 0.29) is 18.4 Å². The number of rotatable bonds is 8. The number of hydrogen-bond donors (Lipinski definition) is 2. The van der Waals surface area contributed by atoms with Crippen LogP contribution in [-0.2, 0) is 14.2 Å².